The molecule has 2 aromatic carbocycles. The summed E-state index contributed by atoms with van der Waals surface area (Å²) in [6, 6.07) is 17.5. The van der Waals surface area contributed by atoms with Crippen LogP contribution in [0.2, 0.25) is 0 Å². The normalized spacial score (nSPS) is 11.8. The van der Waals surface area contributed by atoms with Crippen LogP contribution in [0.25, 0.3) is 0 Å². The number of rotatable bonds is 6. The van der Waals surface area contributed by atoms with Crippen molar-refractivity contribution in [2.75, 3.05) is 19.0 Å². The molecule has 1 heterocycles. The third-order valence-corrected chi connectivity index (χ3v) is 4.46. The predicted molar refractivity (Wildman–Crippen MR) is 104 cm³/mol. The lowest BCUT2D eigenvalue weighted by molar-refractivity contribution is 0.0936. The first-order chi connectivity index (χ1) is 12.5. The van der Waals surface area contributed by atoms with Gasteiger partial charge in [0.2, 0.25) is 0 Å². The Bertz CT molecular complexity index is 853. The summed E-state index contributed by atoms with van der Waals surface area (Å²) in [7, 11) is 5.92. The van der Waals surface area contributed by atoms with E-state index in [1.54, 1.807) is 6.20 Å². The number of carbonyl (C=O) groups is 1. The van der Waals surface area contributed by atoms with Gasteiger partial charge in [0.05, 0.1) is 6.04 Å². The van der Waals surface area contributed by atoms with Gasteiger partial charge in [-0.1, -0.05) is 30.3 Å². The van der Waals surface area contributed by atoms with Crippen LogP contribution in [0.4, 0.5) is 5.69 Å². The molecule has 0 aliphatic carbocycles. The summed E-state index contributed by atoms with van der Waals surface area (Å²) in [6.45, 7) is 0. The molecule has 1 unspecified atom stereocenters. The van der Waals surface area contributed by atoms with Crippen molar-refractivity contribution in [3.05, 3.63) is 83.9 Å². The summed E-state index contributed by atoms with van der Waals surface area (Å²) >= 11 is 0. The summed E-state index contributed by atoms with van der Waals surface area (Å²) in [5.41, 5.74) is 2.78. The number of amides is 1. The molecular formula is C21H24N4O. The van der Waals surface area contributed by atoms with Crippen molar-refractivity contribution in [2.24, 2.45) is 7.05 Å². The highest BCUT2D eigenvalue weighted by atomic mass is 16.1. The quantitative estimate of drug-likeness (QED) is 0.744. The van der Waals surface area contributed by atoms with Gasteiger partial charge < -0.3 is 14.8 Å². The van der Waals surface area contributed by atoms with Crippen LogP contribution < -0.4 is 10.2 Å². The Hall–Kier alpha value is -3.08. The van der Waals surface area contributed by atoms with Crippen LogP contribution in [-0.2, 0) is 13.5 Å². The van der Waals surface area contributed by atoms with Gasteiger partial charge in [0.25, 0.3) is 5.91 Å². The van der Waals surface area contributed by atoms with Gasteiger partial charge in [-0.2, -0.15) is 0 Å². The van der Waals surface area contributed by atoms with Gasteiger partial charge in [0.1, 0.15) is 5.82 Å². The van der Waals surface area contributed by atoms with Gasteiger partial charge in [0, 0.05) is 51.2 Å². The maximum atomic E-state index is 12.8. The maximum Gasteiger partial charge on any atom is 0.251 e. The molecule has 0 aliphatic rings. The molecule has 0 aliphatic heterocycles. The molecule has 0 bridgehead atoms. The highest BCUT2D eigenvalue weighted by Crippen LogP contribution is 2.19. The summed E-state index contributed by atoms with van der Waals surface area (Å²) in [5, 5.41) is 3.16. The first-order valence-corrected chi connectivity index (χ1v) is 8.64. The Balaban J connectivity index is 1.80. The molecule has 5 heteroatoms. The van der Waals surface area contributed by atoms with E-state index in [2.05, 4.69) is 10.3 Å². The molecular weight excluding hydrogens is 324 g/mol. The zero-order chi connectivity index (χ0) is 18.5. The Morgan fingerprint density at radius 3 is 2.38 bits per heavy atom. The van der Waals surface area contributed by atoms with Crippen molar-refractivity contribution >= 4 is 11.6 Å². The molecule has 1 N–H and O–H groups in total. The zero-order valence-electron chi connectivity index (χ0n) is 15.4. The van der Waals surface area contributed by atoms with E-state index < -0.39 is 0 Å². The summed E-state index contributed by atoms with van der Waals surface area (Å²) < 4.78 is 1.98. The number of benzene rings is 2. The number of nitrogens with one attached hydrogen (secondary N) is 1. The molecule has 0 spiro atoms. The topological polar surface area (TPSA) is 50.2 Å². The van der Waals surface area contributed by atoms with Crippen LogP contribution >= 0.6 is 0 Å². The van der Waals surface area contributed by atoms with Crippen LogP contribution in [0.3, 0.4) is 0 Å². The lowest BCUT2D eigenvalue weighted by Crippen LogP contribution is -2.30. The van der Waals surface area contributed by atoms with Crippen LogP contribution in [0.1, 0.15) is 27.8 Å². The second-order valence-corrected chi connectivity index (χ2v) is 6.54. The molecule has 26 heavy (non-hydrogen) atoms. The van der Waals surface area contributed by atoms with Gasteiger partial charge in [0.15, 0.2) is 0 Å². The van der Waals surface area contributed by atoms with Crippen molar-refractivity contribution in [1.29, 1.82) is 0 Å². The number of anilines is 1. The number of hydrogen-bond donors (Lipinski definition) is 1. The fourth-order valence-electron chi connectivity index (χ4n) is 2.87. The molecule has 0 radical (unpaired) electrons. The minimum Gasteiger partial charge on any atom is -0.378 e. The van der Waals surface area contributed by atoms with Crippen LogP contribution in [0.15, 0.2) is 67.0 Å². The first kappa shape index (κ1) is 17.7. The van der Waals surface area contributed by atoms with E-state index in [-0.39, 0.29) is 11.9 Å². The van der Waals surface area contributed by atoms with E-state index >= 15 is 0 Å². The number of imidazole rings is 1. The minimum atomic E-state index is -0.140. The van der Waals surface area contributed by atoms with Crippen molar-refractivity contribution in [1.82, 2.24) is 14.9 Å². The van der Waals surface area contributed by atoms with Crippen molar-refractivity contribution < 1.29 is 4.79 Å². The summed E-state index contributed by atoms with van der Waals surface area (Å²) in [4.78, 5) is 19.2. The number of aryl methyl sites for hydroxylation is 1. The van der Waals surface area contributed by atoms with E-state index in [0.717, 1.165) is 17.1 Å². The van der Waals surface area contributed by atoms with E-state index in [9.17, 15) is 4.79 Å². The largest absolute Gasteiger partial charge is 0.378 e. The Labute approximate surface area is 154 Å². The predicted octanol–water partition coefficient (Wildman–Crippen LogP) is 3.20. The van der Waals surface area contributed by atoms with Crippen LogP contribution in [0, 0.1) is 0 Å². The van der Waals surface area contributed by atoms with E-state index in [1.165, 1.54) is 0 Å². The molecule has 1 atom stereocenters. The lowest BCUT2D eigenvalue weighted by Gasteiger charge is -2.20. The van der Waals surface area contributed by atoms with Crippen molar-refractivity contribution in [3.8, 4) is 0 Å². The van der Waals surface area contributed by atoms with Crippen LogP contribution in [0.5, 0.6) is 0 Å². The average Bonchev–Trinajstić information content (AvgIpc) is 3.06. The number of hydrogen-bond acceptors (Lipinski definition) is 3. The van der Waals surface area contributed by atoms with E-state index in [4.69, 9.17) is 0 Å². The Kier molecular flexibility index (Phi) is 5.37. The summed E-state index contributed by atoms with van der Waals surface area (Å²) in [6.07, 6.45) is 4.33. The van der Waals surface area contributed by atoms with E-state index in [0.29, 0.717) is 12.0 Å². The number of nitrogens with zero attached hydrogens (tertiary/aromatic N) is 3. The smallest absolute Gasteiger partial charge is 0.251 e. The maximum absolute atomic E-state index is 12.8. The van der Waals surface area contributed by atoms with Gasteiger partial charge in [-0.15, -0.1) is 0 Å². The zero-order valence-corrected chi connectivity index (χ0v) is 15.4. The van der Waals surface area contributed by atoms with Gasteiger partial charge in [-0.05, 0) is 29.8 Å². The second kappa shape index (κ2) is 7.87. The summed E-state index contributed by atoms with van der Waals surface area (Å²) in [5.74, 6) is 0.848. The number of aromatic nitrogens is 2. The number of carbonyl (C=O) groups excluding carboxylic acids is 1. The third-order valence-electron chi connectivity index (χ3n) is 4.46. The molecule has 3 rings (SSSR count). The highest BCUT2D eigenvalue weighted by molar-refractivity contribution is 5.94. The van der Waals surface area contributed by atoms with E-state index in [1.807, 2.05) is 91.4 Å². The molecule has 0 saturated carbocycles. The standard InChI is InChI=1S/C21H24N4O/c1-24(2)18-11-9-17(10-12-18)21(26)23-19(16-7-5-4-6-8-16)15-20-22-13-14-25(20)3/h4-14,19H,15H2,1-3H3,(H,23,26). The molecule has 3 aromatic rings. The fraction of sp³-hybridized carbons (Fsp3) is 0.238. The van der Waals surface area contributed by atoms with Crippen LogP contribution in [-0.4, -0.2) is 29.6 Å². The van der Waals surface area contributed by atoms with Gasteiger partial charge in [-0.3, -0.25) is 4.79 Å². The molecule has 1 amide bonds. The molecule has 0 fully saturated rings. The lowest BCUT2D eigenvalue weighted by atomic mass is 10.0. The van der Waals surface area contributed by atoms with Crippen molar-refractivity contribution in [3.63, 3.8) is 0 Å². The first-order valence-electron chi connectivity index (χ1n) is 8.64. The molecule has 1 aromatic heterocycles. The van der Waals surface area contributed by atoms with Gasteiger partial charge >= 0.3 is 0 Å². The van der Waals surface area contributed by atoms with Crippen molar-refractivity contribution in [2.45, 2.75) is 12.5 Å². The third kappa shape index (κ3) is 4.11. The molecule has 0 saturated heterocycles. The SMILES string of the molecule is CN(C)c1ccc(C(=O)NC(Cc2nccn2C)c2ccccc2)cc1. The Morgan fingerprint density at radius 2 is 1.81 bits per heavy atom. The van der Waals surface area contributed by atoms with Gasteiger partial charge in [-0.25, -0.2) is 4.98 Å². The minimum absolute atomic E-state index is 0.0848. The highest BCUT2D eigenvalue weighted by Gasteiger charge is 2.18. The monoisotopic (exact) mass is 348 g/mol. The second-order valence-electron chi connectivity index (χ2n) is 6.54. The Morgan fingerprint density at radius 1 is 1.12 bits per heavy atom. The average molecular weight is 348 g/mol. The molecule has 134 valence electrons. The fourth-order valence-corrected chi connectivity index (χ4v) is 2.87. The molecule has 5 nitrogen and oxygen atoms in total.